The maximum atomic E-state index is 13.2. The fourth-order valence-corrected chi connectivity index (χ4v) is 5.01. The fourth-order valence-electron chi connectivity index (χ4n) is 3.33. The van der Waals surface area contributed by atoms with Crippen LogP contribution in [0.4, 0.5) is 4.39 Å². The van der Waals surface area contributed by atoms with Crippen molar-refractivity contribution in [2.75, 3.05) is 26.3 Å². The van der Waals surface area contributed by atoms with Crippen molar-refractivity contribution < 1.29 is 22.3 Å². The Bertz CT molecular complexity index is 665. The van der Waals surface area contributed by atoms with Crippen LogP contribution in [0.3, 0.4) is 0 Å². The van der Waals surface area contributed by atoms with Crippen molar-refractivity contribution in [1.82, 2.24) is 4.31 Å². The van der Waals surface area contributed by atoms with E-state index < -0.39 is 15.8 Å². The van der Waals surface area contributed by atoms with Gasteiger partial charge >= 0.3 is 0 Å². The first kappa shape index (κ1) is 17.8. The van der Waals surface area contributed by atoms with E-state index in [1.807, 2.05) is 0 Å². The average molecular weight is 357 g/mol. The van der Waals surface area contributed by atoms with E-state index >= 15 is 0 Å². The Hall–Kier alpha value is -1.02. The lowest BCUT2D eigenvalue weighted by Crippen LogP contribution is -2.42. The predicted molar refractivity (Wildman–Crippen MR) is 87.8 cm³/mol. The van der Waals surface area contributed by atoms with Crippen LogP contribution in [0.1, 0.15) is 31.2 Å². The van der Waals surface area contributed by atoms with Gasteiger partial charge in [-0.3, -0.25) is 0 Å². The minimum Gasteiger partial charge on any atom is -0.381 e. The van der Waals surface area contributed by atoms with Crippen molar-refractivity contribution >= 4 is 10.0 Å². The Morgan fingerprint density at radius 1 is 1.12 bits per heavy atom. The smallest absolute Gasteiger partial charge is 0.243 e. The lowest BCUT2D eigenvalue weighted by molar-refractivity contribution is -0.0801. The maximum absolute atomic E-state index is 13.2. The standard InChI is InChI=1S/C17H24FNO4S/c1-13-12-14(18)2-3-17(13)24(20,21)19-8-4-15(5-9-19)23-16-6-10-22-11-7-16/h2-3,12,15-16H,4-11H2,1H3. The summed E-state index contributed by atoms with van der Waals surface area (Å²) in [5, 5.41) is 0. The molecule has 24 heavy (non-hydrogen) atoms. The van der Waals surface area contributed by atoms with E-state index in [9.17, 15) is 12.8 Å². The summed E-state index contributed by atoms with van der Waals surface area (Å²) in [5.41, 5.74) is 0.440. The normalized spacial score (nSPS) is 21.9. The van der Waals surface area contributed by atoms with Crippen molar-refractivity contribution in [3.05, 3.63) is 29.6 Å². The quantitative estimate of drug-likeness (QED) is 0.831. The van der Waals surface area contributed by atoms with Crippen LogP contribution in [0.2, 0.25) is 0 Å². The number of aryl methyl sites for hydroxylation is 1. The van der Waals surface area contributed by atoms with Gasteiger partial charge < -0.3 is 9.47 Å². The molecular formula is C17H24FNO4S. The fraction of sp³-hybridized carbons (Fsp3) is 0.647. The van der Waals surface area contributed by atoms with Gasteiger partial charge in [-0.25, -0.2) is 12.8 Å². The highest BCUT2D eigenvalue weighted by Crippen LogP contribution is 2.26. The third kappa shape index (κ3) is 3.96. The third-order valence-electron chi connectivity index (χ3n) is 4.71. The van der Waals surface area contributed by atoms with Crippen LogP contribution in [-0.4, -0.2) is 51.2 Å². The van der Waals surface area contributed by atoms with E-state index in [0.29, 0.717) is 31.5 Å². The maximum Gasteiger partial charge on any atom is 0.243 e. The van der Waals surface area contributed by atoms with Gasteiger partial charge in [-0.05, 0) is 56.4 Å². The first-order valence-electron chi connectivity index (χ1n) is 8.46. The number of nitrogens with zero attached hydrogens (tertiary/aromatic N) is 1. The van der Waals surface area contributed by atoms with Crippen molar-refractivity contribution in [2.24, 2.45) is 0 Å². The number of ether oxygens (including phenoxy) is 2. The number of hydrogen-bond acceptors (Lipinski definition) is 4. The van der Waals surface area contributed by atoms with Gasteiger partial charge in [-0.2, -0.15) is 4.31 Å². The summed E-state index contributed by atoms with van der Waals surface area (Å²) < 4.78 is 51.6. The van der Waals surface area contributed by atoms with Crippen LogP contribution >= 0.6 is 0 Å². The molecule has 0 radical (unpaired) electrons. The van der Waals surface area contributed by atoms with Crippen LogP contribution in [0, 0.1) is 12.7 Å². The van der Waals surface area contributed by atoms with Crippen molar-refractivity contribution in [3.8, 4) is 0 Å². The molecule has 0 amide bonds. The van der Waals surface area contributed by atoms with E-state index in [1.54, 1.807) is 6.92 Å². The summed E-state index contributed by atoms with van der Waals surface area (Å²) in [6.45, 7) is 3.97. The highest BCUT2D eigenvalue weighted by atomic mass is 32.2. The molecule has 0 unspecified atom stereocenters. The molecule has 0 spiro atoms. The van der Waals surface area contributed by atoms with Gasteiger partial charge in [0.15, 0.2) is 0 Å². The molecule has 2 saturated heterocycles. The van der Waals surface area contributed by atoms with Crippen LogP contribution < -0.4 is 0 Å². The van der Waals surface area contributed by atoms with Crippen molar-refractivity contribution in [2.45, 2.75) is 49.7 Å². The van der Waals surface area contributed by atoms with Gasteiger partial charge in [0, 0.05) is 26.3 Å². The van der Waals surface area contributed by atoms with E-state index in [2.05, 4.69) is 0 Å². The molecule has 3 rings (SSSR count). The van der Waals surface area contributed by atoms with Gasteiger partial charge in [-0.15, -0.1) is 0 Å². The van der Waals surface area contributed by atoms with Gasteiger partial charge in [0.05, 0.1) is 17.1 Å². The van der Waals surface area contributed by atoms with Gasteiger partial charge in [-0.1, -0.05) is 0 Å². The second kappa shape index (κ2) is 7.47. The summed E-state index contributed by atoms with van der Waals surface area (Å²) in [6, 6.07) is 3.80. The van der Waals surface area contributed by atoms with E-state index in [-0.39, 0.29) is 17.1 Å². The highest BCUT2D eigenvalue weighted by molar-refractivity contribution is 7.89. The highest BCUT2D eigenvalue weighted by Gasteiger charge is 2.32. The van der Waals surface area contributed by atoms with E-state index in [4.69, 9.17) is 9.47 Å². The molecular weight excluding hydrogens is 333 g/mol. The Balaban J connectivity index is 1.61. The van der Waals surface area contributed by atoms with Gasteiger partial charge in [0.1, 0.15) is 5.82 Å². The predicted octanol–water partition coefficient (Wildman–Crippen LogP) is 2.48. The Labute approximate surface area is 142 Å². The van der Waals surface area contributed by atoms with E-state index in [0.717, 1.165) is 26.1 Å². The van der Waals surface area contributed by atoms with Gasteiger partial charge in [0.25, 0.3) is 0 Å². The van der Waals surface area contributed by atoms with Crippen molar-refractivity contribution in [3.63, 3.8) is 0 Å². The number of benzene rings is 1. The van der Waals surface area contributed by atoms with Gasteiger partial charge in [0.2, 0.25) is 10.0 Å². The Morgan fingerprint density at radius 2 is 1.75 bits per heavy atom. The average Bonchev–Trinajstić information content (AvgIpc) is 2.56. The van der Waals surface area contributed by atoms with Crippen LogP contribution in [0.5, 0.6) is 0 Å². The summed E-state index contributed by atoms with van der Waals surface area (Å²) in [5.74, 6) is -0.421. The molecule has 7 heteroatoms. The van der Waals surface area contributed by atoms with Crippen molar-refractivity contribution in [1.29, 1.82) is 0 Å². The first-order valence-corrected chi connectivity index (χ1v) is 9.90. The summed E-state index contributed by atoms with van der Waals surface area (Å²) in [6.07, 6.45) is 3.54. The summed E-state index contributed by atoms with van der Waals surface area (Å²) in [4.78, 5) is 0.188. The Kier molecular flexibility index (Phi) is 5.54. The SMILES string of the molecule is Cc1cc(F)ccc1S(=O)(=O)N1CCC(OC2CCOCC2)CC1. The van der Waals surface area contributed by atoms with Crippen LogP contribution in [0.15, 0.2) is 23.1 Å². The lowest BCUT2D eigenvalue weighted by Gasteiger charge is -2.34. The largest absolute Gasteiger partial charge is 0.381 e. The molecule has 0 N–H and O–H groups in total. The number of sulfonamides is 1. The van der Waals surface area contributed by atoms with Crippen LogP contribution in [-0.2, 0) is 19.5 Å². The topological polar surface area (TPSA) is 55.8 Å². The Morgan fingerprint density at radius 3 is 2.38 bits per heavy atom. The molecule has 2 heterocycles. The zero-order valence-corrected chi connectivity index (χ0v) is 14.7. The van der Waals surface area contributed by atoms with Crippen LogP contribution in [0.25, 0.3) is 0 Å². The zero-order valence-electron chi connectivity index (χ0n) is 13.9. The molecule has 0 atom stereocenters. The molecule has 2 aliphatic heterocycles. The molecule has 0 aromatic heterocycles. The monoisotopic (exact) mass is 357 g/mol. The second-order valence-electron chi connectivity index (χ2n) is 6.46. The number of rotatable bonds is 4. The third-order valence-corrected chi connectivity index (χ3v) is 6.77. The molecule has 1 aromatic rings. The molecule has 2 fully saturated rings. The molecule has 134 valence electrons. The van der Waals surface area contributed by atoms with E-state index in [1.165, 1.54) is 22.5 Å². The number of piperidine rings is 1. The summed E-state index contributed by atoms with van der Waals surface area (Å²) in [7, 11) is -3.57. The molecule has 0 aliphatic carbocycles. The number of halogens is 1. The molecule has 2 aliphatic rings. The lowest BCUT2D eigenvalue weighted by atomic mass is 10.1. The first-order chi connectivity index (χ1) is 11.5. The molecule has 0 bridgehead atoms. The molecule has 5 nitrogen and oxygen atoms in total. The molecule has 1 aromatic carbocycles. The zero-order chi connectivity index (χ0) is 17.2. The minimum atomic E-state index is -3.57. The summed E-state index contributed by atoms with van der Waals surface area (Å²) >= 11 is 0. The minimum absolute atomic E-state index is 0.105. The number of hydrogen-bond donors (Lipinski definition) is 0. The second-order valence-corrected chi connectivity index (χ2v) is 8.37. The molecule has 0 saturated carbocycles.